The van der Waals surface area contributed by atoms with Crippen LogP contribution in [0.15, 0.2) is 24.3 Å². The topological polar surface area (TPSA) is 70.7 Å². The molecule has 5 nitrogen and oxygen atoms in total. The Kier molecular flexibility index (Phi) is 3.18. The van der Waals surface area contributed by atoms with E-state index < -0.39 is 0 Å². The van der Waals surface area contributed by atoms with Crippen LogP contribution in [0.2, 0.25) is 0 Å². The average Bonchev–Trinajstić information content (AvgIpc) is 2.73. The fourth-order valence-electron chi connectivity index (χ4n) is 1.53. The molecule has 0 spiro atoms. The van der Waals surface area contributed by atoms with Crippen LogP contribution in [-0.2, 0) is 6.54 Å². The van der Waals surface area contributed by atoms with Crippen LogP contribution in [0, 0.1) is 13.8 Å². The first-order valence-corrected chi connectivity index (χ1v) is 5.38. The monoisotopic (exact) mass is 230 g/mol. The van der Waals surface area contributed by atoms with Gasteiger partial charge in [-0.3, -0.25) is 9.89 Å². The van der Waals surface area contributed by atoms with Crippen molar-refractivity contribution in [3.63, 3.8) is 0 Å². The minimum absolute atomic E-state index is 0.176. The van der Waals surface area contributed by atoms with E-state index in [1.54, 1.807) is 6.92 Å². The van der Waals surface area contributed by atoms with E-state index in [0.717, 1.165) is 5.56 Å². The van der Waals surface area contributed by atoms with Crippen LogP contribution in [0.5, 0.6) is 0 Å². The molecule has 17 heavy (non-hydrogen) atoms. The van der Waals surface area contributed by atoms with E-state index in [2.05, 4.69) is 20.5 Å². The molecule has 2 rings (SSSR count). The highest BCUT2D eigenvalue weighted by atomic mass is 16.2. The third kappa shape index (κ3) is 2.90. The number of aromatic amines is 1. The van der Waals surface area contributed by atoms with Crippen molar-refractivity contribution >= 4 is 5.91 Å². The Morgan fingerprint density at radius 1 is 1.41 bits per heavy atom. The minimum atomic E-state index is -0.268. The van der Waals surface area contributed by atoms with E-state index in [1.807, 2.05) is 31.2 Å². The van der Waals surface area contributed by atoms with Gasteiger partial charge in [0.25, 0.3) is 5.91 Å². The maximum Gasteiger partial charge on any atom is 0.291 e. The van der Waals surface area contributed by atoms with Gasteiger partial charge in [0.05, 0.1) is 0 Å². The van der Waals surface area contributed by atoms with E-state index in [0.29, 0.717) is 12.4 Å². The van der Waals surface area contributed by atoms with Crippen LogP contribution in [0.4, 0.5) is 0 Å². The number of hydrogen-bond donors (Lipinski definition) is 2. The molecule has 0 unspecified atom stereocenters. The number of rotatable bonds is 3. The maximum absolute atomic E-state index is 11.7. The fourth-order valence-corrected chi connectivity index (χ4v) is 1.53. The number of carbonyl (C=O) groups is 1. The number of amides is 1. The van der Waals surface area contributed by atoms with Gasteiger partial charge in [0.15, 0.2) is 0 Å². The molecule has 1 heterocycles. The second-order valence-corrected chi connectivity index (χ2v) is 3.92. The Balaban J connectivity index is 1.97. The first kappa shape index (κ1) is 11.3. The van der Waals surface area contributed by atoms with Crippen LogP contribution < -0.4 is 5.32 Å². The van der Waals surface area contributed by atoms with E-state index in [-0.39, 0.29) is 11.7 Å². The zero-order valence-electron chi connectivity index (χ0n) is 9.82. The molecule has 2 aromatic rings. The van der Waals surface area contributed by atoms with Gasteiger partial charge in [0.2, 0.25) is 5.82 Å². The molecule has 0 radical (unpaired) electrons. The van der Waals surface area contributed by atoms with E-state index >= 15 is 0 Å². The molecular formula is C12H14N4O. The summed E-state index contributed by atoms with van der Waals surface area (Å²) in [6.45, 7) is 4.25. The predicted molar refractivity (Wildman–Crippen MR) is 63.5 cm³/mol. The minimum Gasteiger partial charge on any atom is -0.345 e. The SMILES string of the molecule is Cc1cccc(CNC(=O)c2n[nH]c(C)n2)c1. The summed E-state index contributed by atoms with van der Waals surface area (Å²) in [7, 11) is 0. The predicted octanol–water partition coefficient (Wildman–Crippen LogP) is 1.35. The fraction of sp³-hybridized carbons (Fsp3) is 0.250. The molecule has 1 aromatic carbocycles. The Hall–Kier alpha value is -2.17. The smallest absolute Gasteiger partial charge is 0.291 e. The number of nitrogens with zero attached hydrogens (tertiary/aromatic N) is 2. The van der Waals surface area contributed by atoms with E-state index in [4.69, 9.17) is 0 Å². The largest absolute Gasteiger partial charge is 0.345 e. The van der Waals surface area contributed by atoms with Crippen molar-refractivity contribution in [3.8, 4) is 0 Å². The summed E-state index contributed by atoms with van der Waals surface area (Å²) in [6, 6.07) is 7.98. The van der Waals surface area contributed by atoms with Crippen LogP contribution in [0.3, 0.4) is 0 Å². The lowest BCUT2D eigenvalue weighted by Crippen LogP contribution is -2.24. The lowest BCUT2D eigenvalue weighted by Gasteiger charge is -2.03. The number of aryl methyl sites for hydroxylation is 2. The number of nitrogens with one attached hydrogen (secondary N) is 2. The number of aromatic nitrogens is 3. The molecule has 88 valence electrons. The second-order valence-electron chi connectivity index (χ2n) is 3.92. The van der Waals surface area contributed by atoms with Crippen LogP contribution in [0.1, 0.15) is 27.6 Å². The Labute approximate surface area is 99.3 Å². The highest BCUT2D eigenvalue weighted by molar-refractivity contribution is 5.90. The molecule has 0 bridgehead atoms. The highest BCUT2D eigenvalue weighted by Crippen LogP contribution is 2.03. The van der Waals surface area contributed by atoms with Gasteiger partial charge in [0.1, 0.15) is 5.82 Å². The molecular weight excluding hydrogens is 216 g/mol. The van der Waals surface area contributed by atoms with Gasteiger partial charge in [-0.25, -0.2) is 4.98 Å². The normalized spacial score (nSPS) is 10.2. The van der Waals surface area contributed by atoms with Crippen molar-refractivity contribution < 1.29 is 4.79 Å². The summed E-state index contributed by atoms with van der Waals surface area (Å²) in [5, 5.41) is 9.20. The third-order valence-electron chi connectivity index (χ3n) is 2.34. The summed E-state index contributed by atoms with van der Waals surface area (Å²) < 4.78 is 0. The van der Waals surface area contributed by atoms with Crippen molar-refractivity contribution in [2.45, 2.75) is 20.4 Å². The first-order chi connectivity index (χ1) is 8.15. The summed E-state index contributed by atoms with van der Waals surface area (Å²) in [4.78, 5) is 15.6. The lowest BCUT2D eigenvalue weighted by atomic mass is 10.1. The zero-order valence-corrected chi connectivity index (χ0v) is 9.82. The molecule has 0 aliphatic rings. The summed E-state index contributed by atoms with van der Waals surface area (Å²) in [5.41, 5.74) is 2.23. The molecule has 1 amide bonds. The van der Waals surface area contributed by atoms with Gasteiger partial charge in [-0.2, -0.15) is 0 Å². The van der Waals surface area contributed by atoms with Gasteiger partial charge >= 0.3 is 0 Å². The molecule has 0 saturated carbocycles. The van der Waals surface area contributed by atoms with Crippen molar-refractivity contribution in [1.82, 2.24) is 20.5 Å². The molecule has 0 fully saturated rings. The van der Waals surface area contributed by atoms with Gasteiger partial charge in [-0.15, -0.1) is 5.10 Å². The first-order valence-electron chi connectivity index (χ1n) is 5.38. The molecule has 2 N–H and O–H groups in total. The molecule has 0 atom stereocenters. The van der Waals surface area contributed by atoms with Crippen LogP contribution in [0.25, 0.3) is 0 Å². The molecule has 1 aromatic heterocycles. The molecule has 0 saturated heterocycles. The van der Waals surface area contributed by atoms with Gasteiger partial charge in [-0.1, -0.05) is 29.8 Å². The van der Waals surface area contributed by atoms with Crippen LogP contribution in [-0.4, -0.2) is 21.1 Å². The molecule has 5 heteroatoms. The van der Waals surface area contributed by atoms with Crippen LogP contribution >= 0.6 is 0 Å². The molecule has 0 aliphatic carbocycles. The van der Waals surface area contributed by atoms with Crippen molar-refractivity contribution in [2.75, 3.05) is 0 Å². The summed E-state index contributed by atoms with van der Waals surface area (Å²) >= 11 is 0. The van der Waals surface area contributed by atoms with Gasteiger partial charge in [0, 0.05) is 6.54 Å². The number of benzene rings is 1. The maximum atomic E-state index is 11.7. The Bertz CT molecular complexity index is 533. The lowest BCUT2D eigenvalue weighted by molar-refractivity contribution is 0.0941. The highest BCUT2D eigenvalue weighted by Gasteiger charge is 2.10. The van der Waals surface area contributed by atoms with E-state index in [1.165, 1.54) is 5.56 Å². The van der Waals surface area contributed by atoms with Crippen molar-refractivity contribution in [1.29, 1.82) is 0 Å². The molecule has 0 aliphatic heterocycles. The summed E-state index contributed by atoms with van der Waals surface area (Å²) in [5.74, 6) is 0.539. The van der Waals surface area contributed by atoms with Gasteiger partial charge < -0.3 is 5.32 Å². The number of carbonyl (C=O) groups excluding carboxylic acids is 1. The van der Waals surface area contributed by atoms with E-state index in [9.17, 15) is 4.79 Å². The number of hydrogen-bond acceptors (Lipinski definition) is 3. The summed E-state index contributed by atoms with van der Waals surface area (Å²) in [6.07, 6.45) is 0. The van der Waals surface area contributed by atoms with Crippen molar-refractivity contribution in [2.24, 2.45) is 0 Å². The Morgan fingerprint density at radius 2 is 2.24 bits per heavy atom. The Morgan fingerprint density at radius 3 is 2.88 bits per heavy atom. The standard InChI is InChI=1S/C12H14N4O/c1-8-4-3-5-10(6-8)7-13-12(17)11-14-9(2)15-16-11/h3-6H,7H2,1-2H3,(H,13,17)(H,14,15,16). The van der Waals surface area contributed by atoms with Crippen molar-refractivity contribution in [3.05, 3.63) is 47.0 Å². The third-order valence-corrected chi connectivity index (χ3v) is 2.34. The second kappa shape index (κ2) is 4.78. The van der Waals surface area contributed by atoms with Gasteiger partial charge in [-0.05, 0) is 19.4 Å². The quantitative estimate of drug-likeness (QED) is 0.836. The number of H-pyrrole nitrogens is 1. The zero-order chi connectivity index (χ0) is 12.3. The average molecular weight is 230 g/mol.